The summed E-state index contributed by atoms with van der Waals surface area (Å²) in [6.45, 7) is 7.46. The number of halogens is 3. The average molecular weight is 326 g/mol. The van der Waals surface area contributed by atoms with Gasteiger partial charge in [0.2, 0.25) is 0 Å². The molecule has 7 heteroatoms. The number of rotatable bonds is 1. The topological polar surface area (TPSA) is 33.4 Å². The molecule has 0 radical (unpaired) electrons. The summed E-state index contributed by atoms with van der Waals surface area (Å²) in [6, 6.07) is 2.78. The van der Waals surface area contributed by atoms with Gasteiger partial charge in [0.15, 0.2) is 11.3 Å². The third kappa shape index (κ3) is 3.14. The van der Waals surface area contributed by atoms with Crippen molar-refractivity contribution in [2.45, 2.75) is 51.6 Å². The van der Waals surface area contributed by atoms with Gasteiger partial charge in [0.1, 0.15) is 5.82 Å². The van der Waals surface area contributed by atoms with Crippen molar-refractivity contribution in [2.24, 2.45) is 0 Å². The van der Waals surface area contributed by atoms with Gasteiger partial charge in [-0.25, -0.2) is 4.98 Å². The van der Waals surface area contributed by atoms with E-state index in [1.54, 1.807) is 10.6 Å². The van der Waals surface area contributed by atoms with Crippen LogP contribution in [-0.4, -0.2) is 27.7 Å². The van der Waals surface area contributed by atoms with Crippen molar-refractivity contribution in [3.8, 4) is 0 Å². The van der Waals surface area contributed by atoms with Crippen LogP contribution >= 0.6 is 0 Å². The fourth-order valence-corrected chi connectivity index (χ4v) is 2.82. The summed E-state index contributed by atoms with van der Waals surface area (Å²) in [4.78, 5) is 5.76. The Morgan fingerprint density at radius 3 is 2.17 bits per heavy atom. The molecule has 0 spiro atoms. The standard InChI is InChI=1S/C16H21F3N4/c1-15(2,3)11-9-13-20-12(16(17,18)19)10-14(23(13)21-11)22-7-5-4-6-8-22/h9-10H,4-8H2,1-3H3. The Morgan fingerprint density at radius 2 is 1.61 bits per heavy atom. The van der Waals surface area contributed by atoms with Gasteiger partial charge in [-0.2, -0.15) is 22.8 Å². The molecule has 126 valence electrons. The predicted molar refractivity (Wildman–Crippen MR) is 82.8 cm³/mol. The van der Waals surface area contributed by atoms with Crippen molar-refractivity contribution >= 4 is 11.5 Å². The van der Waals surface area contributed by atoms with Gasteiger partial charge >= 0.3 is 6.18 Å². The van der Waals surface area contributed by atoms with E-state index in [1.165, 1.54) is 0 Å². The van der Waals surface area contributed by atoms with Crippen LogP contribution in [0.15, 0.2) is 12.1 Å². The van der Waals surface area contributed by atoms with Crippen molar-refractivity contribution < 1.29 is 13.2 Å². The van der Waals surface area contributed by atoms with Crippen LogP contribution in [0.1, 0.15) is 51.4 Å². The molecule has 0 aromatic carbocycles. The zero-order valence-electron chi connectivity index (χ0n) is 13.6. The summed E-state index contributed by atoms with van der Waals surface area (Å²) >= 11 is 0. The van der Waals surface area contributed by atoms with Crippen molar-refractivity contribution in [3.05, 3.63) is 23.5 Å². The van der Waals surface area contributed by atoms with E-state index in [1.807, 2.05) is 25.7 Å². The summed E-state index contributed by atoms with van der Waals surface area (Å²) in [7, 11) is 0. The summed E-state index contributed by atoms with van der Waals surface area (Å²) in [5, 5.41) is 4.53. The number of alkyl halides is 3. The second-order valence-corrected chi connectivity index (χ2v) is 7.09. The molecule has 1 fully saturated rings. The molecular weight excluding hydrogens is 305 g/mol. The molecule has 0 saturated carbocycles. The smallest absolute Gasteiger partial charge is 0.356 e. The molecule has 4 nitrogen and oxygen atoms in total. The highest BCUT2D eigenvalue weighted by molar-refractivity contribution is 5.53. The Kier molecular flexibility index (Phi) is 3.77. The van der Waals surface area contributed by atoms with Gasteiger partial charge in [0.05, 0.1) is 5.69 Å². The monoisotopic (exact) mass is 326 g/mol. The second-order valence-electron chi connectivity index (χ2n) is 7.09. The Bertz CT molecular complexity index is 706. The minimum absolute atomic E-state index is 0.245. The van der Waals surface area contributed by atoms with Crippen LogP contribution in [0.5, 0.6) is 0 Å². The maximum atomic E-state index is 13.2. The lowest BCUT2D eigenvalue weighted by atomic mass is 9.93. The first kappa shape index (κ1) is 16.1. The fraction of sp³-hybridized carbons (Fsp3) is 0.625. The van der Waals surface area contributed by atoms with Crippen molar-refractivity contribution in [1.29, 1.82) is 0 Å². The third-order valence-electron chi connectivity index (χ3n) is 4.15. The minimum Gasteiger partial charge on any atom is -0.356 e. The van der Waals surface area contributed by atoms with E-state index in [2.05, 4.69) is 10.1 Å². The van der Waals surface area contributed by atoms with Crippen LogP contribution in [0.4, 0.5) is 19.0 Å². The number of hydrogen-bond donors (Lipinski definition) is 0. The minimum atomic E-state index is -4.46. The second kappa shape index (κ2) is 5.39. The molecule has 0 bridgehead atoms. The molecule has 0 aliphatic carbocycles. The number of fused-ring (bicyclic) bond motifs is 1. The molecule has 0 amide bonds. The van der Waals surface area contributed by atoms with Crippen LogP contribution in [0.2, 0.25) is 0 Å². The molecule has 2 aromatic heterocycles. The van der Waals surface area contributed by atoms with E-state index in [0.717, 1.165) is 44.1 Å². The SMILES string of the molecule is CC(C)(C)c1cc2nc(C(F)(F)F)cc(N3CCCCC3)n2n1. The Morgan fingerprint density at radius 1 is 0.957 bits per heavy atom. The first-order chi connectivity index (χ1) is 10.7. The quantitative estimate of drug-likeness (QED) is 0.793. The molecule has 0 atom stereocenters. The van der Waals surface area contributed by atoms with E-state index >= 15 is 0 Å². The normalized spacial score (nSPS) is 17.0. The Labute approximate surface area is 133 Å². The molecule has 0 unspecified atom stereocenters. The maximum Gasteiger partial charge on any atom is 0.433 e. The van der Waals surface area contributed by atoms with Crippen LogP contribution < -0.4 is 4.90 Å². The summed E-state index contributed by atoms with van der Waals surface area (Å²) in [5.74, 6) is 0.484. The number of nitrogens with zero attached hydrogens (tertiary/aromatic N) is 4. The number of piperidine rings is 1. The van der Waals surface area contributed by atoms with Gasteiger partial charge < -0.3 is 4.90 Å². The molecular formula is C16H21F3N4. The Balaban J connectivity index is 2.19. The number of aromatic nitrogens is 3. The van der Waals surface area contributed by atoms with Crippen molar-refractivity contribution in [1.82, 2.24) is 14.6 Å². The van der Waals surface area contributed by atoms with E-state index < -0.39 is 11.9 Å². The van der Waals surface area contributed by atoms with Gasteiger partial charge in [0.25, 0.3) is 0 Å². The fourth-order valence-electron chi connectivity index (χ4n) is 2.82. The first-order valence-electron chi connectivity index (χ1n) is 7.90. The third-order valence-corrected chi connectivity index (χ3v) is 4.15. The number of anilines is 1. The molecule has 1 aliphatic heterocycles. The van der Waals surface area contributed by atoms with Gasteiger partial charge in [0, 0.05) is 30.6 Å². The van der Waals surface area contributed by atoms with E-state index in [9.17, 15) is 13.2 Å². The van der Waals surface area contributed by atoms with E-state index in [-0.39, 0.29) is 11.1 Å². The van der Waals surface area contributed by atoms with Gasteiger partial charge in [-0.05, 0) is 19.3 Å². The molecule has 3 rings (SSSR count). The lowest BCUT2D eigenvalue weighted by Gasteiger charge is -2.29. The van der Waals surface area contributed by atoms with Crippen molar-refractivity contribution in [2.75, 3.05) is 18.0 Å². The summed E-state index contributed by atoms with van der Waals surface area (Å²) in [6.07, 6.45) is -1.38. The van der Waals surface area contributed by atoms with Crippen LogP contribution in [0, 0.1) is 0 Å². The van der Waals surface area contributed by atoms with E-state index in [0.29, 0.717) is 5.82 Å². The average Bonchev–Trinajstić information content (AvgIpc) is 2.90. The molecule has 1 aliphatic rings. The van der Waals surface area contributed by atoms with Crippen LogP contribution in [0.25, 0.3) is 5.65 Å². The van der Waals surface area contributed by atoms with Gasteiger partial charge in [-0.1, -0.05) is 20.8 Å². The molecule has 23 heavy (non-hydrogen) atoms. The molecule has 0 N–H and O–H groups in total. The molecule has 1 saturated heterocycles. The maximum absolute atomic E-state index is 13.2. The highest BCUT2D eigenvalue weighted by atomic mass is 19.4. The highest BCUT2D eigenvalue weighted by Gasteiger charge is 2.35. The Hall–Kier alpha value is -1.79. The van der Waals surface area contributed by atoms with Gasteiger partial charge in [-0.15, -0.1) is 0 Å². The molecule has 2 aromatic rings. The van der Waals surface area contributed by atoms with Crippen LogP contribution in [0.3, 0.4) is 0 Å². The lowest BCUT2D eigenvalue weighted by molar-refractivity contribution is -0.141. The summed E-state index contributed by atoms with van der Waals surface area (Å²) < 4.78 is 41.1. The first-order valence-corrected chi connectivity index (χ1v) is 7.90. The van der Waals surface area contributed by atoms with Crippen LogP contribution in [-0.2, 0) is 11.6 Å². The predicted octanol–water partition coefficient (Wildman–Crippen LogP) is 4.04. The lowest BCUT2D eigenvalue weighted by Crippen LogP contribution is -2.32. The van der Waals surface area contributed by atoms with Gasteiger partial charge in [-0.3, -0.25) is 0 Å². The number of hydrogen-bond acceptors (Lipinski definition) is 3. The van der Waals surface area contributed by atoms with Crippen molar-refractivity contribution in [3.63, 3.8) is 0 Å². The highest BCUT2D eigenvalue weighted by Crippen LogP contribution is 2.33. The van der Waals surface area contributed by atoms with E-state index in [4.69, 9.17) is 0 Å². The zero-order chi connectivity index (χ0) is 16.8. The largest absolute Gasteiger partial charge is 0.433 e. The molecule has 3 heterocycles. The summed E-state index contributed by atoms with van der Waals surface area (Å²) in [5.41, 5.74) is -0.107. The zero-order valence-corrected chi connectivity index (χ0v) is 13.6.